The maximum absolute atomic E-state index is 12.1. The van der Waals surface area contributed by atoms with Crippen LogP contribution in [0, 0.1) is 13.8 Å². The highest BCUT2D eigenvalue weighted by Gasteiger charge is 2.11. The Bertz CT molecular complexity index is 1200. The average Bonchev–Trinajstić information content (AvgIpc) is 3.12. The number of rotatable bonds is 4. The number of hydrogen-bond donors (Lipinski definition) is 1. The quantitative estimate of drug-likeness (QED) is 0.598. The molecule has 138 valence electrons. The minimum Gasteiger partial charge on any atom is -0.466 e. The SMILES string of the molecule is Cc1cc(-c2cnnc(NCc3ccc4c(c3)n(C)c(=O)n4C)n2)c(C)o1. The molecular weight excluding hydrogens is 344 g/mol. The van der Waals surface area contributed by atoms with Crippen LogP contribution < -0.4 is 11.0 Å². The van der Waals surface area contributed by atoms with Gasteiger partial charge in [-0.2, -0.15) is 5.10 Å². The van der Waals surface area contributed by atoms with Crippen LogP contribution in [-0.2, 0) is 20.6 Å². The smallest absolute Gasteiger partial charge is 0.328 e. The van der Waals surface area contributed by atoms with Gasteiger partial charge in [-0.25, -0.2) is 9.78 Å². The number of imidazole rings is 1. The molecule has 0 radical (unpaired) electrons. The standard InChI is InChI=1S/C19H20N6O2/c1-11-7-14(12(2)27-11)15-10-21-23-18(22-15)20-9-13-5-6-16-17(8-13)25(4)19(26)24(16)3/h5-8,10H,9H2,1-4H3,(H,20,22,23). The van der Waals surface area contributed by atoms with Crippen LogP contribution in [0.2, 0.25) is 0 Å². The van der Waals surface area contributed by atoms with E-state index in [0.29, 0.717) is 18.2 Å². The maximum Gasteiger partial charge on any atom is 0.328 e. The van der Waals surface area contributed by atoms with Gasteiger partial charge in [0.2, 0.25) is 5.95 Å². The maximum atomic E-state index is 12.1. The molecule has 0 spiro atoms. The first-order valence-electron chi connectivity index (χ1n) is 8.59. The van der Waals surface area contributed by atoms with Crippen molar-refractivity contribution in [3.05, 3.63) is 58.0 Å². The van der Waals surface area contributed by atoms with Crippen molar-refractivity contribution >= 4 is 17.0 Å². The highest BCUT2D eigenvalue weighted by molar-refractivity contribution is 5.76. The van der Waals surface area contributed by atoms with Crippen molar-refractivity contribution in [3.63, 3.8) is 0 Å². The Morgan fingerprint density at radius 2 is 1.89 bits per heavy atom. The van der Waals surface area contributed by atoms with E-state index < -0.39 is 0 Å². The predicted molar refractivity (Wildman–Crippen MR) is 102 cm³/mol. The summed E-state index contributed by atoms with van der Waals surface area (Å²) in [6.45, 7) is 4.32. The molecule has 3 aromatic heterocycles. The Kier molecular flexibility index (Phi) is 4.02. The summed E-state index contributed by atoms with van der Waals surface area (Å²) in [7, 11) is 3.54. The molecule has 0 fully saturated rings. The van der Waals surface area contributed by atoms with Crippen molar-refractivity contribution in [1.29, 1.82) is 0 Å². The van der Waals surface area contributed by atoms with Gasteiger partial charge in [-0.15, -0.1) is 5.10 Å². The van der Waals surface area contributed by atoms with E-state index in [1.807, 2.05) is 38.1 Å². The number of nitrogens with one attached hydrogen (secondary N) is 1. The molecule has 8 heteroatoms. The largest absolute Gasteiger partial charge is 0.466 e. The van der Waals surface area contributed by atoms with Gasteiger partial charge in [0.15, 0.2) is 0 Å². The summed E-state index contributed by atoms with van der Waals surface area (Å²) in [6, 6.07) is 7.86. The van der Waals surface area contributed by atoms with E-state index in [-0.39, 0.29) is 5.69 Å². The van der Waals surface area contributed by atoms with E-state index >= 15 is 0 Å². The molecule has 4 rings (SSSR count). The van der Waals surface area contributed by atoms with E-state index in [2.05, 4.69) is 20.5 Å². The summed E-state index contributed by atoms with van der Waals surface area (Å²) in [4.78, 5) is 16.6. The first-order chi connectivity index (χ1) is 12.9. The Hall–Kier alpha value is -3.42. The third-order valence-corrected chi connectivity index (χ3v) is 4.66. The Morgan fingerprint density at radius 3 is 2.63 bits per heavy atom. The van der Waals surface area contributed by atoms with E-state index in [9.17, 15) is 4.79 Å². The van der Waals surface area contributed by atoms with Gasteiger partial charge in [0.05, 0.1) is 22.9 Å². The van der Waals surface area contributed by atoms with Crippen LogP contribution in [0.5, 0.6) is 0 Å². The summed E-state index contributed by atoms with van der Waals surface area (Å²) in [6.07, 6.45) is 1.62. The van der Waals surface area contributed by atoms with E-state index in [1.165, 1.54) is 0 Å². The summed E-state index contributed by atoms with van der Waals surface area (Å²) >= 11 is 0. The normalized spacial score (nSPS) is 11.3. The number of aryl methyl sites for hydroxylation is 4. The van der Waals surface area contributed by atoms with E-state index in [4.69, 9.17) is 4.42 Å². The summed E-state index contributed by atoms with van der Waals surface area (Å²) in [5, 5.41) is 11.3. The number of aromatic nitrogens is 5. The molecule has 0 aliphatic rings. The van der Waals surface area contributed by atoms with Gasteiger partial charge in [-0.3, -0.25) is 9.13 Å². The minimum atomic E-state index is -0.0406. The summed E-state index contributed by atoms with van der Waals surface area (Å²) in [5.41, 5.74) is 4.39. The van der Waals surface area contributed by atoms with Crippen LogP contribution in [0.4, 0.5) is 5.95 Å². The Labute approximate surface area is 155 Å². The second kappa shape index (κ2) is 6.39. The minimum absolute atomic E-state index is 0.0406. The van der Waals surface area contributed by atoms with Crippen LogP contribution in [0.15, 0.2) is 39.7 Å². The molecule has 0 saturated heterocycles. The number of furan rings is 1. The molecule has 27 heavy (non-hydrogen) atoms. The molecular formula is C19H20N6O2. The zero-order chi connectivity index (χ0) is 19.1. The van der Waals surface area contributed by atoms with Gasteiger partial charge in [-0.1, -0.05) is 6.07 Å². The second-order valence-electron chi connectivity index (χ2n) is 6.57. The summed E-state index contributed by atoms with van der Waals surface area (Å²) < 4.78 is 8.84. The van der Waals surface area contributed by atoms with Gasteiger partial charge in [0.1, 0.15) is 11.5 Å². The predicted octanol–water partition coefficient (Wildman–Crippen LogP) is 2.55. The van der Waals surface area contributed by atoms with Gasteiger partial charge in [-0.05, 0) is 37.6 Å². The zero-order valence-corrected chi connectivity index (χ0v) is 15.6. The van der Waals surface area contributed by atoms with Gasteiger partial charge in [0.25, 0.3) is 0 Å². The first-order valence-corrected chi connectivity index (χ1v) is 8.59. The molecule has 8 nitrogen and oxygen atoms in total. The molecule has 4 aromatic rings. The third kappa shape index (κ3) is 2.99. The highest BCUT2D eigenvalue weighted by atomic mass is 16.3. The lowest BCUT2D eigenvalue weighted by Gasteiger charge is -2.06. The molecule has 1 aromatic carbocycles. The lowest BCUT2D eigenvalue weighted by Crippen LogP contribution is -2.19. The Balaban J connectivity index is 1.58. The molecule has 0 unspecified atom stereocenters. The monoisotopic (exact) mass is 364 g/mol. The molecule has 0 atom stereocenters. The summed E-state index contributed by atoms with van der Waals surface area (Å²) in [5.74, 6) is 2.07. The molecule has 0 aliphatic heterocycles. The van der Waals surface area contributed by atoms with Crippen molar-refractivity contribution in [2.75, 3.05) is 5.32 Å². The average molecular weight is 364 g/mol. The fourth-order valence-corrected chi connectivity index (χ4v) is 3.24. The number of anilines is 1. The van der Waals surface area contributed by atoms with Crippen LogP contribution in [0.3, 0.4) is 0 Å². The molecule has 1 N–H and O–H groups in total. The van der Waals surface area contributed by atoms with Gasteiger partial charge in [0, 0.05) is 26.2 Å². The Morgan fingerprint density at radius 1 is 1.11 bits per heavy atom. The fraction of sp³-hybridized carbons (Fsp3) is 0.263. The molecule has 0 saturated carbocycles. The molecule has 3 heterocycles. The lowest BCUT2D eigenvalue weighted by molar-refractivity contribution is 0.505. The lowest BCUT2D eigenvalue weighted by atomic mass is 10.2. The topological polar surface area (TPSA) is 90.8 Å². The van der Waals surface area contributed by atoms with Gasteiger partial charge >= 0.3 is 5.69 Å². The zero-order valence-electron chi connectivity index (χ0n) is 15.6. The van der Waals surface area contributed by atoms with Crippen molar-refractivity contribution in [2.45, 2.75) is 20.4 Å². The highest BCUT2D eigenvalue weighted by Crippen LogP contribution is 2.24. The van der Waals surface area contributed by atoms with Crippen molar-refractivity contribution < 1.29 is 4.42 Å². The first kappa shape index (κ1) is 17.0. The van der Waals surface area contributed by atoms with E-state index in [0.717, 1.165) is 33.7 Å². The third-order valence-electron chi connectivity index (χ3n) is 4.66. The van der Waals surface area contributed by atoms with Crippen molar-refractivity contribution in [1.82, 2.24) is 24.3 Å². The number of hydrogen-bond acceptors (Lipinski definition) is 6. The van der Waals surface area contributed by atoms with Crippen molar-refractivity contribution in [2.24, 2.45) is 14.1 Å². The molecule has 0 aliphatic carbocycles. The van der Waals surface area contributed by atoms with Crippen LogP contribution in [0.1, 0.15) is 17.1 Å². The second-order valence-corrected chi connectivity index (χ2v) is 6.57. The van der Waals surface area contributed by atoms with Crippen LogP contribution in [-0.4, -0.2) is 24.3 Å². The molecule has 0 bridgehead atoms. The fourth-order valence-electron chi connectivity index (χ4n) is 3.24. The number of benzene rings is 1. The van der Waals surface area contributed by atoms with Crippen LogP contribution >= 0.6 is 0 Å². The van der Waals surface area contributed by atoms with Crippen molar-refractivity contribution in [3.8, 4) is 11.3 Å². The molecule has 0 amide bonds. The number of nitrogens with zero attached hydrogens (tertiary/aromatic N) is 5. The van der Waals surface area contributed by atoms with Crippen LogP contribution in [0.25, 0.3) is 22.3 Å². The van der Waals surface area contributed by atoms with Gasteiger partial charge < -0.3 is 9.73 Å². The number of fused-ring (bicyclic) bond motifs is 1. The van der Waals surface area contributed by atoms with E-state index in [1.54, 1.807) is 29.4 Å².